The van der Waals surface area contributed by atoms with Gasteiger partial charge in [-0.25, -0.2) is 9.18 Å². The van der Waals surface area contributed by atoms with Crippen molar-refractivity contribution in [2.24, 2.45) is 0 Å². The lowest BCUT2D eigenvalue weighted by molar-refractivity contribution is 0.194. The Morgan fingerprint density at radius 2 is 1.76 bits per heavy atom. The van der Waals surface area contributed by atoms with Crippen molar-refractivity contribution >= 4 is 11.7 Å². The van der Waals surface area contributed by atoms with Gasteiger partial charge in [0.15, 0.2) is 0 Å². The summed E-state index contributed by atoms with van der Waals surface area (Å²) in [5.74, 6) is 0.442. The second-order valence-electron chi connectivity index (χ2n) is 7.90. The highest BCUT2D eigenvalue weighted by Gasteiger charge is 2.33. The Morgan fingerprint density at radius 1 is 1.00 bits per heavy atom. The number of nitrogens with zero attached hydrogens (tertiary/aromatic N) is 2. The molecule has 0 fully saturated rings. The predicted molar refractivity (Wildman–Crippen MR) is 126 cm³/mol. The molecule has 166 valence electrons. The van der Waals surface area contributed by atoms with Gasteiger partial charge in [-0.2, -0.15) is 0 Å². The molecule has 6 heteroatoms. The molecule has 0 saturated heterocycles. The molecule has 0 spiro atoms. The van der Waals surface area contributed by atoms with Crippen molar-refractivity contribution in [2.45, 2.75) is 19.5 Å². The van der Waals surface area contributed by atoms with Crippen molar-refractivity contribution in [2.75, 3.05) is 11.9 Å². The molecule has 1 aromatic heterocycles. The van der Waals surface area contributed by atoms with Crippen LogP contribution >= 0.6 is 0 Å². The van der Waals surface area contributed by atoms with Gasteiger partial charge in [-0.1, -0.05) is 30.3 Å². The molecule has 2 heterocycles. The number of amides is 2. The van der Waals surface area contributed by atoms with Crippen LogP contribution in [0.3, 0.4) is 0 Å². The third kappa shape index (κ3) is 4.07. The molecule has 33 heavy (non-hydrogen) atoms. The number of ether oxygens (including phenoxy) is 1. The highest BCUT2D eigenvalue weighted by atomic mass is 19.1. The first-order chi connectivity index (χ1) is 16.1. The van der Waals surface area contributed by atoms with Crippen LogP contribution in [0, 0.1) is 5.82 Å². The van der Waals surface area contributed by atoms with E-state index in [1.165, 1.54) is 12.1 Å². The summed E-state index contributed by atoms with van der Waals surface area (Å²) >= 11 is 0. The second-order valence-corrected chi connectivity index (χ2v) is 7.90. The van der Waals surface area contributed by atoms with Crippen LogP contribution in [-0.2, 0) is 6.54 Å². The average Bonchev–Trinajstić information content (AvgIpc) is 3.26. The maximum absolute atomic E-state index is 13.7. The smallest absolute Gasteiger partial charge is 0.322 e. The largest absolute Gasteiger partial charge is 0.494 e. The molecule has 0 unspecified atom stereocenters. The molecule has 0 radical (unpaired) electrons. The zero-order chi connectivity index (χ0) is 22.8. The molecule has 0 bridgehead atoms. The van der Waals surface area contributed by atoms with E-state index in [4.69, 9.17) is 4.74 Å². The number of benzene rings is 3. The molecule has 0 saturated carbocycles. The van der Waals surface area contributed by atoms with E-state index in [9.17, 15) is 9.18 Å². The van der Waals surface area contributed by atoms with E-state index < -0.39 is 6.04 Å². The minimum absolute atomic E-state index is 0.238. The number of hydrogen-bond acceptors (Lipinski definition) is 2. The van der Waals surface area contributed by atoms with Crippen LogP contribution in [0.25, 0.3) is 5.69 Å². The third-order valence-corrected chi connectivity index (χ3v) is 5.83. The summed E-state index contributed by atoms with van der Waals surface area (Å²) in [6.45, 7) is 2.92. The Labute approximate surface area is 192 Å². The van der Waals surface area contributed by atoms with Gasteiger partial charge in [0, 0.05) is 17.6 Å². The van der Waals surface area contributed by atoms with Gasteiger partial charge < -0.3 is 19.5 Å². The monoisotopic (exact) mass is 441 g/mol. The fourth-order valence-corrected chi connectivity index (χ4v) is 4.33. The number of carbonyl (C=O) groups is 1. The molecular formula is C27H24FN3O2. The first-order valence-electron chi connectivity index (χ1n) is 11.0. The maximum Gasteiger partial charge on any atom is 0.322 e. The van der Waals surface area contributed by atoms with Gasteiger partial charge in [-0.05, 0) is 72.6 Å². The molecule has 5 rings (SSSR count). The fraction of sp³-hybridized carbons (Fsp3) is 0.148. The van der Waals surface area contributed by atoms with Gasteiger partial charge in [0.05, 0.1) is 24.9 Å². The number of hydrogen-bond donors (Lipinski definition) is 1. The molecule has 0 aliphatic carbocycles. The summed E-state index contributed by atoms with van der Waals surface area (Å²) in [7, 11) is 0. The van der Waals surface area contributed by atoms with Crippen LogP contribution in [0.15, 0.2) is 91.1 Å². The maximum atomic E-state index is 13.7. The molecule has 1 aliphatic rings. The number of carbonyl (C=O) groups excluding carboxylic acids is 1. The number of rotatable bonds is 4. The summed E-state index contributed by atoms with van der Waals surface area (Å²) in [4.78, 5) is 15.4. The fourth-order valence-electron chi connectivity index (χ4n) is 4.33. The van der Waals surface area contributed by atoms with E-state index in [1.54, 1.807) is 17.0 Å². The van der Waals surface area contributed by atoms with Crippen molar-refractivity contribution in [1.82, 2.24) is 9.47 Å². The highest BCUT2D eigenvalue weighted by Crippen LogP contribution is 2.37. The standard InChI is InChI=1S/C27H24FN3O2/c1-2-33-23-15-13-22(14-16-23)29-27(32)31-18-20-6-3-4-7-24(20)30-17-5-8-25(30)26(31)19-9-11-21(28)12-10-19/h3-17,26H,2,18H2,1H3,(H,29,32)/t26-/m0/s1. The van der Waals surface area contributed by atoms with Gasteiger partial charge in [-0.3, -0.25) is 0 Å². The molecule has 1 atom stereocenters. The van der Waals surface area contributed by atoms with E-state index in [1.807, 2.05) is 67.7 Å². The van der Waals surface area contributed by atoms with Crippen LogP contribution in [0.4, 0.5) is 14.9 Å². The third-order valence-electron chi connectivity index (χ3n) is 5.83. The van der Waals surface area contributed by atoms with E-state index >= 15 is 0 Å². The zero-order valence-corrected chi connectivity index (χ0v) is 18.2. The van der Waals surface area contributed by atoms with E-state index in [-0.39, 0.29) is 11.8 Å². The lowest BCUT2D eigenvalue weighted by atomic mass is 10.0. The Balaban J connectivity index is 1.55. The summed E-state index contributed by atoms with van der Waals surface area (Å²) in [5.41, 5.74) is 4.51. The van der Waals surface area contributed by atoms with Crippen LogP contribution in [0.1, 0.15) is 29.8 Å². The molecule has 2 amide bonds. The summed E-state index contributed by atoms with van der Waals surface area (Å²) < 4.78 is 21.3. The van der Waals surface area contributed by atoms with E-state index in [0.29, 0.717) is 18.8 Å². The number of nitrogens with one attached hydrogen (secondary N) is 1. The van der Waals surface area contributed by atoms with Crippen LogP contribution in [-0.4, -0.2) is 22.1 Å². The van der Waals surface area contributed by atoms with Crippen molar-refractivity contribution in [3.63, 3.8) is 0 Å². The molecule has 1 aliphatic heterocycles. The lowest BCUT2D eigenvalue weighted by Crippen LogP contribution is -2.37. The van der Waals surface area contributed by atoms with Crippen LogP contribution in [0.5, 0.6) is 5.75 Å². The van der Waals surface area contributed by atoms with E-state index in [0.717, 1.165) is 28.3 Å². The summed E-state index contributed by atoms with van der Waals surface area (Å²) in [6, 6.07) is 25.1. The van der Waals surface area contributed by atoms with E-state index in [2.05, 4.69) is 16.0 Å². The highest BCUT2D eigenvalue weighted by molar-refractivity contribution is 5.90. The molecule has 1 N–H and O–H groups in total. The molecule has 4 aromatic rings. The van der Waals surface area contributed by atoms with Crippen molar-refractivity contribution in [1.29, 1.82) is 0 Å². The van der Waals surface area contributed by atoms with Crippen molar-refractivity contribution < 1.29 is 13.9 Å². The SMILES string of the molecule is CCOc1ccc(NC(=O)N2Cc3ccccc3-n3cccc3[C@@H]2c2ccc(F)cc2)cc1. The Bertz CT molecular complexity index is 1270. The minimum atomic E-state index is -0.393. The Morgan fingerprint density at radius 3 is 2.52 bits per heavy atom. The number of fused-ring (bicyclic) bond motifs is 3. The van der Waals surface area contributed by atoms with Crippen molar-refractivity contribution in [3.05, 3.63) is 114 Å². The molecule has 3 aromatic carbocycles. The van der Waals surface area contributed by atoms with Crippen LogP contribution < -0.4 is 10.1 Å². The average molecular weight is 442 g/mol. The first-order valence-corrected chi connectivity index (χ1v) is 11.0. The molecular weight excluding hydrogens is 417 g/mol. The topological polar surface area (TPSA) is 46.5 Å². The Kier molecular flexibility index (Phi) is 5.57. The first kappa shape index (κ1) is 20.8. The zero-order valence-electron chi connectivity index (χ0n) is 18.2. The number of aromatic nitrogens is 1. The van der Waals surface area contributed by atoms with Gasteiger partial charge in [0.25, 0.3) is 0 Å². The Hall–Kier alpha value is -4.06. The quantitative estimate of drug-likeness (QED) is 0.413. The van der Waals surface area contributed by atoms with Crippen LogP contribution in [0.2, 0.25) is 0 Å². The van der Waals surface area contributed by atoms with Crippen molar-refractivity contribution in [3.8, 4) is 11.4 Å². The lowest BCUT2D eigenvalue weighted by Gasteiger charge is -2.31. The van der Waals surface area contributed by atoms with Gasteiger partial charge in [0.1, 0.15) is 11.6 Å². The predicted octanol–water partition coefficient (Wildman–Crippen LogP) is 6.15. The minimum Gasteiger partial charge on any atom is -0.494 e. The summed E-state index contributed by atoms with van der Waals surface area (Å²) in [5, 5.41) is 3.02. The second kappa shape index (κ2) is 8.82. The number of para-hydroxylation sites is 1. The number of halogens is 1. The number of urea groups is 1. The normalized spacial score (nSPS) is 14.7. The summed E-state index contributed by atoms with van der Waals surface area (Å²) in [6.07, 6.45) is 2.00. The molecule has 5 nitrogen and oxygen atoms in total. The van der Waals surface area contributed by atoms with Gasteiger partial charge in [-0.15, -0.1) is 0 Å². The number of anilines is 1. The van der Waals surface area contributed by atoms with Gasteiger partial charge in [0.2, 0.25) is 0 Å². The van der Waals surface area contributed by atoms with Gasteiger partial charge >= 0.3 is 6.03 Å².